The van der Waals surface area contributed by atoms with Crippen molar-refractivity contribution in [2.24, 2.45) is 0 Å². The van der Waals surface area contributed by atoms with E-state index in [-0.39, 0.29) is 11.7 Å². The number of amides is 2. The van der Waals surface area contributed by atoms with Crippen molar-refractivity contribution in [1.82, 2.24) is 4.90 Å². The summed E-state index contributed by atoms with van der Waals surface area (Å²) in [6, 6.07) is 4.12. The molecule has 0 aliphatic carbocycles. The van der Waals surface area contributed by atoms with Gasteiger partial charge in [0, 0.05) is 17.6 Å². The average molecular weight is 303 g/mol. The Hall–Kier alpha value is -1.14. The number of carbonyl (C=O) groups is 1. The molecule has 1 saturated heterocycles. The molecule has 1 aromatic rings. The van der Waals surface area contributed by atoms with Gasteiger partial charge in [-0.05, 0) is 18.2 Å². The lowest BCUT2D eigenvalue weighted by atomic mass is 10.3. The molecule has 6 heteroatoms. The minimum atomic E-state index is -0.449. The third-order valence-electron chi connectivity index (χ3n) is 2.47. The highest BCUT2D eigenvalue weighted by atomic mass is 79.9. The van der Waals surface area contributed by atoms with Crippen LogP contribution in [0.5, 0.6) is 0 Å². The zero-order valence-corrected chi connectivity index (χ0v) is 10.7. The smallest absolute Gasteiger partial charge is 0.322 e. The summed E-state index contributed by atoms with van der Waals surface area (Å²) in [6.45, 7) is 2.10. The van der Waals surface area contributed by atoms with Crippen molar-refractivity contribution in [3.63, 3.8) is 0 Å². The van der Waals surface area contributed by atoms with Gasteiger partial charge in [0.1, 0.15) is 5.82 Å². The maximum Gasteiger partial charge on any atom is 0.322 e. The Morgan fingerprint density at radius 3 is 2.82 bits per heavy atom. The summed E-state index contributed by atoms with van der Waals surface area (Å²) in [4.78, 5) is 13.4. The molecule has 0 spiro atoms. The van der Waals surface area contributed by atoms with Crippen molar-refractivity contribution in [3.8, 4) is 0 Å². The summed E-state index contributed by atoms with van der Waals surface area (Å²) in [5.74, 6) is -0.449. The van der Waals surface area contributed by atoms with Gasteiger partial charge in [0.05, 0.1) is 18.9 Å². The van der Waals surface area contributed by atoms with Crippen molar-refractivity contribution in [1.29, 1.82) is 0 Å². The van der Waals surface area contributed by atoms with Gasteiger partial charge >= 0.3 is 6.03 Å². The number of rotatable bonds is 1. The molecule has 0 radical (unpaired) electrons. The van der Waals surface area contributed by atoms with E-state index in [0.717, 1.165) is 4.47 Å². The summed E-state index contributed by atoms with van der Waals surface area (Å²) < 4.78 is 19.3. The molecule has 0 bridgehead atoms. The summed E-state index contributed by atoms with van der Waals surface area (Å²) in [5, 5.41) is 2.55. The van der Waals surface area contributed by atoms with Gasteiger partial charge in [-0.3, -0.25) is 0 Å². The fourth-order valence-electron chi connectivity index (χ4n) is 1.55. The van der Waals surface area contributed by atoms with Crippen LogP contribution in [0.1, 0.15) is 0 Å². The van der Waals surface area contributed by atoms with E-state index in [1.165, 1.54) is 12.1 Å². The Bertz CT molecular complexity index is 422. The Kier molecular flexibility index (Phi) is 3.96. The first kappa shape index (κ1) is 12.3. The van der Waals surface area contributed by atoms with Crippen LogP contribution >= 0.6 is 15.9 Å². The molecule has 1 aliphatic rings. The van der Waals surface area contributed by atoms with Crippen LogP contribution in [0.25, 0.3) is 0 Å². The van der Waals surface area contributed by atoms with Crippen LogP contribution < -0.4 is 5.32 Å². The van der Waals surface area contributed by atoms with E-state index in [4.69, 9.17) is 4.74 Å². The summed E-state index contributed by atoms with van der Waals surface area (Å²) >= 11 is 3.23. The lowest BCUT2D eigenvalue weighted by Gasteiger charge is -2.27. The Morgan fingerprint density at radius 1 is 1.41 bits per heavy atom. The Balaban J connectivity index is 2.04. The van der Waals surface area contributed by atoms with Gasteiger partial charge in [-0.2, -0.15) is 0 Å². The van der Waals surface area contributed by atoms with Crippen LogP contribution in [0.4, 0.5) is 14.9 Å². The minimum absolute atomic E-state index is 0.177. The van der Waals surface area contributed by atoms with Crippen LogP contribution in [0.2, 0.25) is 0 Å². The van der Waals surface area contributed by atoms with Gasteiger partial charge in [-0.15, -0.1) is 0 Å². The number of nitrogens with one attached hydrogen (secondary N) is 1. The van der Waals surface area contributed by atoms with Crippen molar-refractivity contribution < 1.29 is 13.9 Å². The summed E-state index contributed by atoms with van der Waals surface area (Å²) in [6.07, 6.45) is 0. The molecule has 1 aliphatic heterocycles. The highest BCUT2D eigenvalue weighted by molar-refractivity contribution is 9.10. The molecule has 1 heterocycles. The number of anilines is 1. The first-order valence-corrected chi connectivity index (χ1v) is 6.05. The zero-order valence-electron chi connectivity index (χ0n) is 9.08. The van der Waals surface area contributed by atoms with Gasteiger partial charge < -0.3 is 15.0 Å². The Morgan fingerprint density at radius 2 is 2.12 bits per heavy atom. The molecule has 4 nitrogen and oxygen atoms in total. The third kappa shape index (κ3) is 3.17. The van der Waals surface area contributed by atoms with Gasteiger partial charge in [0.25, 0.3) is 0 Å². The summed E-state index contributed by atoms with van der Waals surface area (Å²) in [5.41, 5.74) is 0.177. The normalized spacial score (nSPS) is 15.8. The molecule has 1 fully saturated rings. The SMILES string of the molecule is O=C(Nc1cc(Br)ccc1F)N1CCOCC1. The molecule has 2 amide bonds. The third-order valence-corrected chi connectivity index (χ3v) is 2.96. The first-order valence-electron chi connectivity index (χ1n) is 5.25. The number of ether oxygens (including phenoxy) is 1. The van der Waals surface area contributed by atoms with E-state index in [1.54, 1.807) is 11.0 Å². The topological polar surface area (TPSA) is 41.6 Å². The lowest BCUT2D eigenvalue weighted by Crippen LogP contribution is -2.43. The van der Waals surface area contributed by atoms with E-state index < -0.39 is 5.82 Å². The number of urea groups is 1. The number of nitrogens with zero attached hydrogens (tertiary/aromatic N) is 1. The number of benzene rings is 1. The molecule has 1 N–H and O–H groups in total. The largest absolute Gasteiger partial charge is 0.378 e. The number of halogens is 2. The van der Waals surface area contributed by atoms with Crippen LogP contribution in [0.3, 0.4) is 0 Å². The van der Waals surface area contributed by atoms with Crippen molar-refractivity contribution in [2.45, 2.75) is 0 Å². The predicted octanol–water partition coefficient (Wildman–Crippen LogP) is 2.45. The quantitative estimate of drug-likeness (QED) is 0.866. The van der Waals surface area contributed by atoms with Crippen LogP contribution in [0, 0.1) is 5.82 Å². The second-order valence-electron chi connectivity index (χ2n) is 3.65. The van der Waals surface area contributed by atoms with Crippen LogP contribution in [-0.4, -0.2) is 37.2 Å². The lowest BCUT2D eigenvalue weighted by molar-refractivity contribution is 0.0564. The summed E-state index contributed by atoms with van der Waals surface area (Å²) in [7, 11) is 0. The molecule has 92 valence electrons. The van der Waals surface area contributed by atoms with Crippen LogP contribution in [0.15, 0.2) is 22.7 Å². The molecule has 17 heavy (non-hydrogen) atoms. The molecule has 0 unspecified atom stereocenters. The number of morpholine rings is 1. The molecular formula is C11H12BrFN2O2. The van der Waals surface area contributed by atoms with E-state index in [9.17, 15) is 9.18 Å². The second-order valence-corrected chi connectivity index (χ2v) is 4.57. The van der Waals surface area contributed by atoms with Gasteiger partial charge in [0.15, 0.2) is 0 Å². The molecular weight excluding hydrogens is 291 g/mol. The van der Waals surface area contributed by atoms with Crippen molar-refractivity contribution in [2.75, 3.05) is 31.6 Å². The van der Waals surface area contributed by atoms with E-state index >= 15 is 0 Å². The van der Waals surface area contributed by atoms with Crippen molar-refractivity contribution >= 4 is 27.6 Å². The number of carbonyl (C=O) groups excluding carboxylic acids is 1. The zero-order chi connectivity index (χ0) is 12.3. The fourth-order valence-corrected chi connectivity index (χ4v) is 1.92. The second kappa shape index (κ2) is 5.46. The molecule has 1 aromatic carbocycles. The number of hydrogen-bond acceptors (Lipinski definition) is 2. The van der Waals surface area contributed by atoms with Crippen LogP contribution in [-0.2, 0) is 4.74 Å². The average Bonchev–Trinajstić information content (AvgIpc) is 2.35. The molecule has 2 rings (SSSR count). The monoisotopic (exact) mass is 302 g/mol. The maximum absolute atomic E-state index is 13.4. The fraction of sp³-hybridized carbons (Fsp3) is 0.364. The van der Waals surface area contributed by atoms with Gasteiger partial charge in [-0.1, -0.05) is 15.9 Å². The number of hydrogen-bond donors (Lipinski definition) is 1. The standard InChI is InChI=1S/C11H12BrFN2O2/c12-8-1-2-9(13)10(7-8)14-11(16)15-3-5-17-6-4-15/h1-2,7H,3-6H2,(H,14,16). The predicted molar refractivity (Wildman–Crippen MR) is 65.5 cm³/mol. The van der Waals surface area contributed by atoms with E-state index in [2.05, 4.69) is 21.2 Å². The van der Waals surface area contributed by atoms with Gasteiger partial charge in [-0.25, -0.2) is 9.18 Å². The van der Waals surface area contributed by atoms with Gasteiger partial charge in [0.2, 0.25) is 0 Å². The van der Waals surface area contributed by atoms with E-state index in [1.807, 2.05) is 0 Å². The molecule has 0 aromatic heterocycles. The minimum Gasteiger partial charge on any atom is -0.378 e. The first-order chi connectivity index (χ1) is 8.16. The molecule has 0 atom stereocenters. The van der Waals surface area contributed by atoms with E-state index in [0.29, 0.717) is 26.3 Å². The maximum atomic E-state index is 13.4. The van der Waals surface area contributed by atoms with Crippen molar-refractivity contribution in [3.05, 3.63) is 28.5 Å². The highest BCUT2D eigenvalue weighted by Gasteiger charge is 2.17. The highest BCUT2D eigenvalue weighted by Crippen LogP contribution is 2.20. The Labute approximate surface area is 107 Å². The molecule has 0 saturated carbocycles.